The van der Waals surface area contributed by atoms with Crippen molar-refractivity contribution in [2.45, 2.75) is 33.6 Å². The molecule has 0 aliphatic rings. The minimum absolute atomic E-state index is 0.178. The van der Waals surface area contributed by atoms with E-state index in [1.54, 1.807) is 0 Å². The van der Waals surface area contributed by atoms with Crippen molar-refractivity contribution in [3.63, 3.8) is 0 Å². The standard InChI is InChI=1S/C18H19N/c1-12-7-5-8-13(2)17(12)16(11-19)18-14(3)9-6-10-15(18)4/h5-10,16H,1-4H3. The fourth-order valence-corrected chi connectivity index (χ4v) is 2.84. The lowest BCUT2D eigenvalue weighted by Crippen LogP contribution is -2.07. The first-order valence-corrected chi connectivity index (χ1v) is 6.58. The molecule has 0 saturated carbocycles. The largest absolute Gasteiger partial charge is 0.197 e. The number of hydrogen-bond acceptors (Lipinski definition) is 1. The SMILES string of the molecule is Cc1cccc(C)c1C(C#N)c1c(C)cccc1C. The van der Waals surface area contributed by atoms with Crippen LogP contribution < -0.4 is 0 Å². The number of aryl methyl sites for hydroxylation is 4. The Bertz CT molecular complexity index is 555. The highest BCUT2D eigenvalue weighted by Gasteiger charge is 2.20. The van der Waals surface area contributed by atoms with Gasteiger partial charge in [0, 0.05) is 0 Å². The Hall–Kier alpha value is -2.07. The van der Waals surface area contributed by atoms with Gasteiger partial charge < -0.3 is 0 Å². The van der Waals surface area contributed by atoms with E-state index >= 15 is 0 Å². The van der Waals surface area contributed by atoms with Gasteiger partial charge in [0.2, 0.25) is 0 Å². The molecule has 0 amide bonds. The fourth-order valence-electron chi connectivity index (χ4n) is 2.84. The zero-order valence-corrected chi connectivity index (χ0v) is 12.0. The normalized spacial score (nSPS) is 10.5. The number of hydrogen-bond donors (Lipinski definition) is 0. The summed E-state index contributed by atoms with van der Waals surface area (Å²) in [6.07, 6.45) is 0. The second-order valence-electron chi connectivity index (χ2n) is 5.17. The van der Waals surface area contributed by atoms with Crippen LogP contribution in [0.15, 0.2) is 36.4 Å². The molecule has 0 fully saturated rings. The zero-order valence-electron chi connectivity index (χ0n) is 12.0. The molecule has 96 valence electrons. The predicted octanol–water partition coefficient (Wildman–Crippen LogP) is 4.58. The van der Waals surface area contributed by atoms with Gasteiger partial charge in [-0.25, -0.2) is 0 Å². The molecule has 19 heavy (non-hydrogen) atoms. The van der Waals surface area contributed by atoms with Crippen LogP contribution in [0.25, 0.3) is 0 Å². The summed E-state index contributed by atoms with van der Waals surface area (Å²) < 4.78 is 0. The molecule has 0 aliphatic heterocycles. The summed E-state index contributed by atoms with van der Waals surface area (Å²) in [7, 11) is 0. The van der Waals surface area contributed by atoms with E-state index in [1.165, 1.54) is 22.3 Å². The van der Waals surface area contributed by atoms with Crippen molar-refractivity contribution in [2.24, 2.45) is 0 Å². The van der Waals surface area contributed by atoms with Gasteiger partial charge in [-0.2, -0.15) is 5.26 Å². The van der Waals surface area contributed by atoms with E-state index in [9.17, 15) is 5.26 Å². The van der Waals surface area contributed by atoms with Crippen molar-refractivity contribution in [1.82, 2.24) is 0 Å². The first-order valence-electron chi connectivity index (χ1n) is 6.58. The van der Waals surface area contributed by atoms with Crippen LogP contribution in [-0.4, -0.2) is 0 Å². The van der Waals surface area contributed by atoms with Crippen molar-refractivity contribution in [2.75, 3.05) is 0 Å². The summed E-state index contributed by atoms with van der Waals surface area (Å²) in [6.45, 7) is 8.33. The highest BCUT2D eigenvalue weighted by atomic mass is 14.3. The van der Waals surface area contributed by atoms with Crippen LogP contribution in [0, 0.1) is 39.0 Å². The van der Waals surface area contributed by atoms with E-state index < -0.39 is 0 Å². The molecule has 2 aromatic carbocycles. The third-order valence-corrected chi connectivity index (χ3v) is 3.79. The molecule has 2 aromatic rings. The topological polar surface area (TPSA) is 23.8 Å². The van der Waals surface area contributed by atoms with Gasteiger partial charge in [-0.3, -0.25) is 0 Å². The number of rotatable bonds is 2. The van der Waals surface area contributed by atoms with E-state index in [0.717, 1.165) is 11.1 Å². The van der Waals surface area contributed by atoms with Gasteiger partial charge >= 0.3 is 0 Å². The third-order valence-electron chi connectivity index (χ3n) is 3.79. The Morgan fingerprint density at radius 1 is 0.737 bits per heavy atom. The molecule has 0 spiro atoms. The van der Waals surface area contributed by atoms with Gasteiger partial charge in [-0.05, 0) is 61.1 Å². The van der Waals surface area contributed by atoms with E-state index in [0.29, 0.717) is 0 Å². The smallest absolute Gasteiger partial charge is 0.0972 e. The summed E-state index contributed by atoms with van der Waals surface area (Å²) in [4.78, 5) is 0. The van der Waals surface area contributed by atoms with E-state index in [4.69, 9.17) is 0 Å². The number of nitrogens with zero attached hydrogens (tertiary/aromatic N) is 1. The summed E-state index contributed by atoms with van der Waals surface area (Å²) in [5.74, 6) is -0.178. The summed E-state index contributed by atoms with van der Waals surface area (Å²) in [5, 5.41) is 9.68. The van der Waals surface area contributed by atoms with Crippen LogP contribution >= 0.6 is 0 Å². The van der Waals surface area contributed by atoms with Crippen LogP contribution in [0.2, 0.25) is 0 Å². The van der Waals surface area contributed by atoms with Crippen molar-refractivity contribution in [3.05, 3.63) is 69.8 Å². The Morgan fingerprint density at radius 3 is 1.32 bits per heavy atom. The predicted molar refractivity (Wildman–Crippen MR) is 79.3 cm³/mol. The number of nitriles is 1. The number of benzene rings is 2. The second kappa shape index (κ2) is 5.28. The maximum absolute atomic E-state index is 9.68. The van der Waals surface area contributed by atoms with Gasteiger partial charge in [0.05, 0.1) is 12.0 Å². The van der Waals surface area contributed by atoms with Crippen LogP contribution in [-0.2, 0) is 0 Å². The van der Waals surface area contributed by atoms with Gasteiger partial charge in [-0.15, -0.1) is 0 Å². The lowest BCUT2D eigenvalue weighted by molar-refractivity contribution is 0.970. The lowest BCUT2D eigenvalue weighted by Gasteiger charge is -2.19. The lowest BCUT2D eigenvalue weighted by atomic mass is 9.83. The third kappa shape index (κ3) is 2.39. The van der Waals surface area contributed by atoms with Crippen molar-refractivity contribution in [1.29, 1.82) is 5.26 Å². The van der Waals surface area contributed by atoms with E-state index in [1.807, 2.05) is 12.1 Å². The molecule has 1 nitrogen and oxygen atoms in total. The molecular weight excluding hydrogens is 230 g/mol. The quantitative estimate of drug-likeness (QED) is 0.764. The molecule has 0 heterocycles. The van der Waals surface area contributed by atoms with Crippen LogP contribution in [0.5, 0.6) is 0 Å². The van der Waals surface area contributed by atoms with Crippen molar-refractivity contribution < 1.29 is 0 Å². The molecule has 2 rings (SSSR count). The fraction of sp³-hybridized carbons (Fsp3) is 0.278. The Kier molecular flexibility index (Phi) is 3.71. The average molecular weight is 249 g/mol. The maximum atomic E-state index is 9.68. The first-order chi connectivity index (χ1) is 9.06. The highest BCUT2D eigenvalue weighted by molar-refractivity contribution is 5.50. The molecule has 0 N–H and O–H groups in total. The van der Waals surface area contributed by atoms with E-state index in [-0.39, 0.29) is 5.92 Å². The molecule has 0 radical (unpaired) electrons. The molecule has 0 saturated heterocycles. The average Bonchev–Trinajstić information content (AvgIpc) is 2.36. The molecule has 0 aliphatic carbocycles. The summed E-state index contributed by atoms with van der Waals surface area (Å²) >= 11 is 0. The van der Waals surface area contributed by atoms with Crippen molar-refractivity contribution >= 4 is 0 Å². The van der Waals surface area contributed by atoms with Gasteiger partial charge in [-0.1, -0.05) is 36.4 Å². The van der Waals surface area contributed by atoms with Crippen LogP contribution in [0.1, 0.15) is 39.3 Å². The molecule has 0 aromatic heterocycles. The minimum atomic E-state index is -0.178. The zero-order chi connectivity index (χ0) is 14.0. The summed E-state index contributed by atoms with van der Waals surface area (Å²) in [5.41, 5.74) is 7.07. The van der Waals surface area contributed by atoms with Crippen LogP contribution in [0.3, 0.4) is 0 Å². The van der Waals surface area contributed by atoms with Crippen molar-refractivity contribution in [3.8, 4) is 6.07 Å². The van der Waals surface area contributed by atoms with Gasteiger partial charge in [0.1, 0.15) is 0 Å². The monoisotopic (exact) mass is 249 g/mol. The minimum Gasteiger partial charge on any atom is -0.197 e. The highest BCUT2D eigenvalue weighted by Crippen LogP contribution is 2.33. The molecule has 0 unspecified atom stereocenters. The Labute approximate surface area is 115 Å². The van der Waals surface area contributed by atoms with Gasteiger partial charge in [0.25, 0.3) is 0 Å². The second-order valence-corrected chi connectivity index (χ2v) is 5.17. The van der Waals surface area contributed by atoms with Crippen LogP contribution in [0.4, 0.5) is 0 Å². The molecule has 1 heteroatoms. The first kappa shape index (κ1) is 13.4. The Morgan fingerprint density at radius 2 is 1.05 bits per heavy atom. The summed E-state index contributed by atoms with van der Waals surface area (Å²) in [6, 6.07) is 14.9. The van der Waals surface area contributed by atoms with Gasteiger partial charge in [0.15, 0.2) is 0 Å². The van der Waals surface area contributed by atoms with E-state index in [2.05, 4.69) is 58.0 Å². The molecule has 0 atom stereocenters. The molecule has 0 bridgehead atoms. The molecular formula is C18H19N. The Balaban J connectivity index is 2.68. The maximum Gasteiger partial charge on any atom is 0.0972 e.